The third kappa shape index (κ3) is 5.78. The Morgan fingerprint density at radius 1 is 1.16 bits per heavy atom. The van der Waals surface area contributed by atoms with Crippen LogP contribution in [0.5, 0.6) is 5.75 Å². The monoisotopic (exact) mass is 512 g/mol. The number of nitrogens with zero attached hydrogens (tertiary/aromatic N) is 4. The Labute approximate surface area is 220 Å². The Balaban J connectivity index is 1.72. The van der Waals surface area contributed by atoms with Crippen LogP contribution in [0.25, 0.3) is 10.4 Å². The minimum atomic E-state index is -1.45. The molecule has 1 amide bonds. The van der Waals surface area contributed by atoms with E-state index >= 15 is 0 Å². The fraction of sp³-hybridized carbons (Fsp3) is 0.214. The summed E-state index contributed by atoms with van der Waals surface area (Å²) < 4.78 is 12.0. The number of para-hydroxylation sites is 1. The van der Waals surface area contributed by atoms with Gasteiger partial charge in [0.25, 0.3) is 5.91 Å². The molecule has 1 aliphatic rings. The standard InChI is InChI=1S/C28H28N6O4/c1-2-17-28(27(36)33-31-21-9-4-3-5-10-21)25(23-11-6-7-12-24(23)32-34-29)38-26(30-28)20-13-15-22(16-14-20)37-19-8-18-35/h2-7,9-16,25,31,35H,1,8,17-19H2,(H,33,36)/t25-,28-/m0/s1. The highest BCUT2D eigenvalue weighted by molar-refractivity contribution is 6.01. The number of benzene rings is 3. The highest BCUT2D eigenvalue weighted by Crippen LogP contribution is 2.45. The number of aliphatic hydroxyl groups excluding tert-OH is 1. The van der Waals surface area contributed by atoms with Crippen LogP contribution in [0.3, 0.4) is 0 Å². The molecule has 0 bridgehead atoms. The van der Waals surface area contributed by atoms with E-state index in [0.717, 1.165) is 0 Å². The van der Waals surface area contributed by atoms with Crippen LogP contribution >= 0.6 is 0 Å². The second-order valence-corrected chi connectivity index (χ2v) is 8.48. The van der Waals surface area contributed by atoms with Gasteiger partial charge in [-0.15, -0.1) is 6.58 Å². The van der Waals surface area contributed by atoms with E-state index in [9.17, 15) is 4.79 Å². The van der Waals surface area contributed by atoms with Crippen LogP contribution in [0.15, 0.2) is 102 Å². The summed E-state index contributed by atoms with van der Waals surface area (Å²) in [6, 6.07) is 23.2. The first-order chi connectivity index (χ1) is 18.6. The van der Waals surface area contributed by atoms with Gasteiger partial charge in [0.15, 0.2) is 11.6 Å². The normalized spacial score (nSPS) is 17.9. The summed E-state index contributed by atoms with van der Waals surface area (Å²) >= 11 is 0. The topological polar surface area (TPSA) is 141 Å². The second-order valence-electron chi connectivity index (χ2n) is 8.48. The van der Waals surface area contributed by atoms with Crippen molar-refractivity contribution in [3.05, 3.63) is 113 Å². The SMILES string of the molecule is C=CC[C@]1(C(=O)NNc2ccccc2)N=C(c2ccc(OCCCO)cc2)O[C@H]1c1ccccc1N=[N+]=[N-]. The summed E-state index contributed by atoms with van der Waals surface area (Å²) in [6.07, 6.45) is 1.38. The van der Waals surface area contributed by atoms with E-state index in [2.05, 4.69) is 27.5 Å². The maximum atomic E-state index is 13.8. The van der Waals surface area contributed by atoms with Crippen LogP contribution < -0.4 is 15.6 Å². The van der Waals surface area contributed by atoms with Crippen LogP contribution in [-0.4, -0.2) is 35.7 Å². The van der Waals surface area contributed by atoms with Crippen molar-refractivity contribution in [2.75, 3.05) is 18.6 Å². The number of aliphatic hydroxyl groups is 1. The van der Waals surface area contributed by atoms with Crippen molar-refractivity contribution in [3.8, 4) is 5.75 Å². The molecule has 194 valence electrons. The Kier molecular flexibility index (Phi) is 8.61. The van der Waals surface area contributed by atoms with Gasteiger partial charge in [-0.25, -0.2) is 4.99 Å². The Hall–Kier alpha value is -4.79. The van der Waals surface area contributed by atoms with Gasteiger partial charge in [-0.3, -0.25) is 15.6 Å². The molecule has 10 nitrogen and oxygen atoms in total. The summed E-state index contributed by atoms with van der Waals surface area (Å²) in [5, 5.41) is 12.8. The smallest absolute Gasteiger partial charge is 0.270 e. The van der Waals surface area contributed by atoms with Gasteiger partial charge in [0.2, 0.25) is 5.90 Å². The summed E-state index contributed by atoms with van der Waals surface area (Å²) in [7, 11) is 0. The number of hydrazine groups is 1. The molecule has 10 heteroatoms. The molecule has 2 atom stereocenters. The van der Waals surface area contributed by atoms with Gasteiger partial charge in [-0.2, -0.15) is 0 Å². The second kappa shape index (κ2) is 12.4. The molecule has 1 heterocycles. The minimum Gasteiger partial charge on any atom is -0.494 e. The number of hydrogen-bond donors (Lipinski definition) is 3. The zero-order chi connectivity index (χ0) is 26.8. The maximum absolute atomic E-state index is 13.8. The van der Waals surface area contributed by atoms with E-state index in [4.69, 9.17) is 25.1 Å². The molecule has 0 aromatic heterocycles. The largest absolute Gasteiger partial charge is 0.494 e. The zero-order valence-electron chi connectivity index (χ0n) is 20.7. The molecular formula is C28H28N6O4. The molecule has 38 heavy (non-hydrogen) atoms. The van der Waals surface area contributed by atoms with E-state index in [1.165, 1.54) is 0 Å². The lowest BCUT2D eigenvalue weighted by Crippen LogP contribution is -2.49. The van der Waals surface area contributed by atoms with Crippen molar-refractivity contribution in [3.63, 3.8) is 0 Å². The van der Waals surface area contributed by atoms with E-state index in [1.807, 2.05) is 30.3 Å². The fourth-order valence-electron chi connectivity index (χ4n) is 4.12. The molecule has 4 rings (SSSR count). The number of carbonyl (C=O) groups is 1. The van der Waals surface area contributed by atoms with Gasteiger partial charge in [-0.05, 0) is 41.9 Å². The fourth-order valence-corrected chi connectivity index (χ4v) is 4.12. The first-order valence-electron chi connectivity index (χ1n) is 12.1. The van der Waals surface area contributed by atoms with E-state index in [-0.39, 0.29) is 18.9 Å². The number of carbonyl (C=O) groups excluding carboxylic acids is 1. The number of aliphatic imine (C=N–C) groups is 1. The lowest BCUT2D eigenvalue weighted by molar-refractivity contribution is -0.128. The Morgan fingerprint density at radius 3 is 2.61 bits per heavy atom. The molecule has 3 aromatic rings. The first kappa shape index (κ1) is 26.3. The predicted octanol–water partition coefficient (Wildman–Crippen LogP) is 5.37. The van der Waals surface area contributed by atoms with Gasteiger partial charge in [0, 0.05) is 41.2 Å². The number of rotatable bonds is 12. The van der Waals surface area contributed by atoms with Crippen LogP contribution in [0, 0.1) is 0 Å². The molecule has 0 fully saturated rings. The van der Waals surface area contributed by atoms with Gasteiger partial charge < -0.3 is 14.6 Å². The Bertz CT molecular complexity index is 1340. The van der Waals surface area contributed by atoms with Crippen LogP contribution in [0.4, 0.5) is 11.4 Å². The van der Waals surface area contributed by atoms with Crippen LogP contribution in [-0.2, 0) is 9.53 Å². The highest BCUT2D eigenvalue weighted by Gasteiger charge is 2.53. The summed E-state index contributed by atoms with van der Waals surface area (Å²) in [5.74, 6) is 0.443. The lowest BCUT2D eigenvalue weighted by atomic mass is 9.84. The zero-order valence-corrected chi connectivity index (χ0v) is 20.7. The molecular weight excluding hydrogens is 484 g/mol. The molecule has 0 radical (unpaired) electrons. The average Bonchev–Trinajstić information content (AvgIpc) is 3.34. The van der Waals surface area contributed by atoms with E-state index in [0.29, 0.717) is 41.3 Å². The molecule has 0 spiro atoms. The number of ether oxygens (including phenoxy) is 2. The molecule has 0 aliphatic carbocycles. The third-order valence-electron chi connectivity index (χ3n) is 5.95. The third-order valence-corrected chi connectivity index (χ3v) is 5.95. The Morgan fingerprint density at radius 2 is 1.89 bits per heavy atom. The van der Waals surface area contributed by atoms with Crippen molar-refractivity contribution in [2.24, 2.45) is 10.1 Å². The van der Waals surface area contributed by atoms with Gasteiger partial charge in [-0.1, -0.05) is 53.7 Å². The van der Waals surface area contributed by atoms with Crippen molar-refractivity contribution < 1.29 is 19.4 Å². The van der Waals surface area contributed by atoms with E-state index < -0.39 is 17.6 Å². The van der Waals surface area contributed by atoms with Crippen molar-refractivity contribution in [2.45, 2.75) is 24.5 Å². The number of anilines is 1. The summed E-state index contributed by atoms with van der Waals surface area (Å²) in [5.41, 5.74) is 15.6. The van der Waals surface area contributed by atoms with Gasteiger partial charge in [0.05, 0.1) is 12.3 Å². The van der Waals surface area contributed by atoms with E-state index in [1.54, 1.807) is 54.6 Å². The van der Waals surface area contributed by atoms with Gasteiger partial charge in [0.1, 0.15) is 5.75 Å². The molecule has 3 N–H and O–H groups in total. The quantitative estimate of drug-likeness (QED) is 0.0747. The number of amides is 1. The lowest BCUT2D eigenvalue weighted by Gasteiger charge is -2.30. The first-order valence-corrected chi connectivity index (χ1v) is 12.1. The number of nitrogens with one attached hydrogen (secondary N) is 2. The maximum Gasteiger partial charge on any atom is 0.270 e. The van der Waals surface area contributed by atoms with Crippen molar-refractivity contribution in [1.82, 2.24) is 5.43 Å². The molecule has 3 aromatic carbocycles. The minimum absolute atomic E-state index is 0.0496. The molecule has 1 aliphatic heterocycles. The summed E-state index contributed by atoms with van der Waals surface area (Å²) in [4.78, 5) is 21.6. The summed E-state index contributed by atoms with van der Waals surface area (Å²) in [6.45, 7) is 4.30. The number of hydrogen-bond acceptors (Lipinski definition) is 7. The molecule has 0 unspecified atom stereocenters. The van der Waals surface area contributed by atoms with Crippen molar-refractivity contribution in [1.29, 1.82) is 0 Å². The van der Waals surface area contributed by atoms with Crippen LogP contribution in [0.1, 0.15) is 30.1 Å². The average molecular weight is 513 g/mol. The van der Waals surface area contributed by atoms with Crippen molar-refractivity contribution >= 4 is 23.2 Å². The highest BCUT2D eigenvalue weighted by atomic mass is 16.5. The molecule has 0 saturated carbocycles. The van der Waals surface area contributed by atoms with Gasteiger partial charge >= 0.3 is 0 Å². The predicted molar refractivity (Wildman–Crippen MR) is 145 cm³/mol. The number of azide groups is 1. The van der Waals surface area contributed by atoms with Crippen LogP contribution in [0.2, 0.25) is 0 Å². The molecule has 0 saturated heterocycles.